The molecule has 5 nitrogen and oxygen atoms in total. The fourth-order valence-electron chi connectivity index (χ4n) is 2.63. The number of carbonyl (C=O) groups is 2. The van der Waals surface area contributed by atoms with Gasteiger partial charge in [-0.3, -0.25) is 9.59 Å². The average molecular weight is 275 g/mol. The fourth-order valence-corrected chi connectivity index (χ4v) is 2.63. The van der Waals surface area contributed by atoms with Gasteiger partial charge in [-0.25, -0.2) is 0 Å². The van der Waals surface area contributed by atoms with Crippen LogP contribution in [0.5, 0.6) is 0 Å². The highest BCUT2D eigenvalue weighted by atomic mass is 16.2. The summed E-state index contributed by atoms with van der Waals surface area (Å²) < 4.78 is 0. The number of likely N-dealkylation sites (tertiary alicyclic amines) is 1. The Bertz CT molecular complexity index is 475. The molecule has 2 rings (SSSR count). The Labute approximate surface area is 118 Å². The van der Waals surface area contributed by atoms with Gasteiger partial charge in [-0.15, -0.1) is 0 Å². The number of amides is 2. The minimum absolute atomic E-state index is 0.165. The molecular formula is C15H21N3O2. The average Bonchev–Trinajstić information content (AvgIpc) is 2.94. The first-order valence-corrected chi connectivity index (χ1v) is 6.99. The summed E-state index contributed by atoms with van der Waals surface area (Å²) in [7, 11) is 0. The molecule has 2 amide bonds. The van der Waals surface area contributed by atoms with Gasteiger partial charge >= 0.3 is 0 Å². The second kappa shape index (κ2) is 6.52. The molecule has 1 aromatic carbocycles. The van der Waals surface area contributed by atoms with Crippen LogP contribution < -0.4 is 11.5 Å². The fraction of sp³-hybridized carbons (Fsp3) is 0.467. The molecule has 0 radical (unpaired) electrons. The lowest BCUT2D eigenvalue weighted by molar-refractivity contribution is -0.138. The second-order valence-electron chi connectivity index (χ2n) is 5.22. The SMILES string of the molecule is NC(=O)C1CCCN1C(=O)C(N)CCc1ccccc1. The van der Waals surface area contributed by atoms with Crippen LogP contribution in [0, 0.1) is 0 Å². The zero-order chi connectivity index (χ0) is 14.5. The zero-order valence-corrected chi connectivity index (χ0v) is 11.5. The van der Waals surface area contributed by atoms with Gasteiger partial charge in [0.2, 0.25) is 11.8 Å². The number of nitrogens with zero attached hydrogens (tertiary/aromatic N) is 1. The number of hydrogen-bond acceptors (Lipinski definition) is 3. The number of hydrogen-bond donors (Lipinski definition) is 2. The minimum atomic E-state index is -0.574. The normalized spacial score (nSPS) is 19.9. The van der Waals surface area contributed by atoms with E-state index in [9.17, 15) is 9.59 Å². The van der Waals surface area contributed by atoms with Gasteiger partial charge < -0.3 is 16.4 Å². The molecule has 108 valence electrons. The maximum absolute atomic E-state index is 12.3. The van der Waals surface area contributed by atoms with E-state index in [2.05, 4.69) is 0 Å². The quantitative estimate of drug-likeness (QED) is 0.816. The molecule has 20 heavy (non-hydrogen) atoms. The van der Waals surface area contributed by atoms with Gasteiger partial charge in [-0.05, 0) is 31.2 Å². The largest absolute Gasteiger partial charge is 0.368 e. The van der Waals surface area contributed by atoms with Crippen molar-refractivity contribution < 1.29 is 9.59 Å². The third kappa shape index (κ3) is 3.36. The van der Waals surface area contributed by atoms with Crippen LogP contribution in [0.2, 0.25) is 0 Å². The van der Waals surface area contributed by atoms with Crippen molar-refractivity contribution in [2.24, 2.45) is 11.5 Å². The van der Waals surface area contributed by atoms with Crippen LogP contribution in [-0.2, 0) is 16.0 Å². The van der Waals surface area contributed by atoms with Gasteiger partial charge in [0.15, 0.2) is 0 Å². The number of aryl methyl sites for hydroxylation is 1. The lowest BCUT2D eigenvalue weighted by Crippen LogP contribution is -2.50. The third-order valence-corrected chi connectivity index (χ3v) is 3.77. The van der Waals surface area contributed by atoms with Crippen LogP contribution in [0.25, 0.3) is 0 Å². The first-order chi connectivity index (χ1) is 9.59. The van der Waals surface area contributed by atoms with Gasteiger partial charge in [0.05, 0.1) is 6.04 Å². The van der Waals surface area contributed by atoms with E-state index in [4.69, 9.17) is 11.5 Å². The molecule has 1 aliphatic heterocycles. The van der Waals surface area contributed by atoms with Crippen LogP contribution in [0.15, 0.2) is 30.3 Å². The van der Waals surface area contributed by atoms with E-state index in [-0.39, 0.29) is 5.91 Å². The summed E-state index contributed by atoms with van der Waals surface area (Å²) in [5.74, 6) is -0.603. The van der Waals surface area contributed by atoms with Crippen molar-refractivity contribution in [3.05, 3.63) is 35.9 Å². The van der Waals surface area contributed by atoms with E-state index in [0.717, 1.165) is 18.4 Å². The monoisotopic (exact) mass is 275 g/mol. The first kappa shape index (κ1) is 14.5. The van der Waals surface area contributed by atoms with E-state index >= 15 is 0 Å². The summed E-state index contributed by atoms with van der Waals surface area (Å²) in [5, 5.41) is 0. The molecule has 1 aromatic rings. The third-order valence-electron chi connectivity index (χ3n) is 3.77. The molecule has 2 unspecified atom stereocenters. The number of rotatable bonds is 5. The van der Waals surface area contributed by atoms with Crippen LogP contribution in [0.4, 0.5) is 0 Å². The van der Waals surface area contributed by atoms with Gasteiger partial charge in [-0.2, -0.15) is 0 Å². The van der Waals surface area contributed by atoms with Crippen molar-refractivity contribution >= 4 is 11.8 Å². The summed E-state index contributed by atoms with van der Waals surface area (Å²) in [4.78, 5) is 25.1. The summed E-state index contributed by atoms with van der Waals surface area (Å²) in [6.07, 6.45) is 2.78. The van der Waals surface area contributed by atoms with E-state index in [1.165, 1.54) is 4.90 Å². The van der Waals surface area contributed by atoms with Crippen LogP contribution in [-0.4, -0.2) is 35.3 Å². The Morgan fingerprint density at radius 1 is 1.30 bits per heavy atom. The highest BCUT2D eigenvalue weighted by molar-refractivity contribution is 5.89. The number of benzene rings is 1. The molecule has 1 heterocycles. The lowest BCUT2D eigenvalue weighted by Gasteiger charge is -2.25. The Morgan fingerprint density at radius 2 is 2.00 bits per heavy atom. The van der Waals surface area contributed by atoms with E-state index in [1.807, 2.05) is 30.3 Å². The van der Waals surface area contributed by atoms with Gasteiger partial charge in [0, 0.05) is 6.54 Å². The molecule has 4 N–H and O–H groups in total. The van der Waals surface area contributed by atoms with Crippen molar-refractivity contribution in [2.75, 3.05) is 6.54 Å². The predicted molar refractivity (Wildman–Crippen MR) is 76.7 cm³/mol. The minimum Gasteiger partial charge on any atom is -0.368 e. The van der Waals surface area contributed by atoms with Gasteiger partial charge in [-0.1, -0.05) is 30.3 Å². The molecule has 1 saturated heterocycles. The number of carbonyl (C=O) groups excluding carboxylic acids is 2. The van der Waals surface area contributed by atoms with E-state index in [0.29, 0.717) is 19.4 Å². The Morgan fingerprint density at radius 3 is 2.65 bits per heavy atom. The van der Waals surface area contributed by atoms with E-state index in [1.54, 1.807) is 0 Å². The number of primary amides is 1. The summed E-state index contributed by atoms with van der Waals surface area (Å²) >= 11 is 0. The van der Waals surface area contributed by atoms with Crippen LogP contribution >= 0.6 is 0 Å². The summed E-state index contributed by atoms with van der Waals surface area (Å²) in [6.45, 7) is 0.575. The molecule has 5 heteroatoms. The van der Waals surface area contributed by atoms with Crippen molar-refractivity contribution in [3.63, 3.8) is 0 Å². The lowest BCUT2D eigenvalue weighted by atomic mass is 10.0. The highest BCUT2D eigenvalue weighted by Gasteiger charge is 2.34. The van der Waals surface area contributed by atoms with E-state index < -0.39 is 18.0 Å². The topological polar surface area (TPSA) is 89.4 Å². The molecule has 0 aliphatic carbocycles. The van der Waals surface area contributed by atoms with Crippen LogP contribution in [0.1, 0.15) is 24.8 Å². The van der Waals surface area contributed by atoms with Crippen molar-refractivity contribution in [1.82, 2.24) is 4.90 Å². The maximum Gasteiger partial charge on any atom is 0.240 e. The Kier molecular flexibility index (Phi) is 4.74. The first-order valence-electron chi connectivity index (χ1n) is 6.99. The van der Waals surface area contributed by atoms with Gasteiger partial charge in [0.1, 0.15) is 6.04 Å². The maximum atomic E-state index is 12.3. The molecular weight excluding hydrogens is 254 g/mol. The molecule has 1 fully saturated rings. The molecule has 0 aromatic heterocycles. The standard InChI is InChI=1S/C15H21N3O2/c16-12(9-8-11-5-2-1-3-6-11)15(20)18-10-4-7-13(18)14(17)19/h1-3,5-6,12-13H,4,7-10,16H2,(H2,17,19). The molecule has 2 atom stereocenters. The summed E-state index contributed by atoms with van der Waals surface area (Å²) in [5.41, 5.74) is 12.4. The van der Waals surface area contributed by atoms with Crippen molar-refractivity contribution in [2.45, 2.75) is 37.8 Å². The van der Waals surface area contributed by atoms with Crippen molar-refractivity contribution in [3.8, 4) is 0 Å². The smallest absolute Gasteiger partial charge is 0.240 e. The second-order valence-corrected chi connectivity index (χ2v) is 5.22. The van der Waals surface area contributed by atoms with Gasteiger partial charge in [0.25, 0.3) is 0 Å². The van der Waals surface area contributed by atoms with Crippen LogP contribution in [0.3, 0.4) is 0 Å². The highest BCUT2D eigenvalue weighted by Crippen LogP contribution is 2.18. The Balaban J connectivity index is 1.90. The molecule has 0 bridgehead atoms. The molecule has 0 spiro atoms. The van der Waals surface area contributed by atoms with Crippen molar-refractivity contribution in [1.29, 1.82) is 0 Å². The summed E-state index contributed by atoms with van der Waals surface area (Å²) in [6, 6.07) is 8.85. The molecule has 0 saturated carbocycles. The Hall–Kier alpha value is -1.88. The molecule has 1 aliphatic rings. The number of nitrogens with two attached hydrogens (primary N) is 2. The predicted octanol–water partition coefficient (Wildman–Crippen LogP) is 0.423. The zero-order valence-electron chi connectivity index (χ0n) is 11.5.